The van der Waals surface area contributed by atoms with Gasteiger partial charge in [-0.2, -0.15) is 9.97 Å². The lowest BCUT2D eigenvalue weighted by Crippen LogP contribution is -2.36. The van der Waals surface area contributed by atoms with Crippen molar-refractivity contribution in [2.75, 3.05) is 104 Å². The normalized spacial score (nSPS) is 14.6. The lowest BCUT2D eigenvalue weighted by Gasteiger charge is -2.33. The standard InChI is InChI=1S/C24H40N8O4.C12H11ClN2O5S/c33-15-11-31(12-16-34)23-26-20-19(21(27-23)29-7-3-1-4-8-29)25-24(32(13-17-35)14-18-36)28-22(20)30-9-5-2-6-10-30;13-9-5-10(15-6-7-2-1-3-20-7)8(12(16)17)4-11(9)21(14,18)19/h33-36H,1-18H2;1-5,15H,6H2,(H,16,17)(H2,14,18,19). The van der Waals surface area contributed by atoms with E-state index in [2.05, 4.69) is 15.1 Å². The van der Waals surface area contributed by atoms with E-state index in [1.165, 1.54) is 25.2 Å². The first-order chi connectivity index (χ1) is 27.5. The van der Waals surface area contributed by atoms with E-state index in [1.54, 1.807) is 21.9 Å². The first kappa shape index (κ1) is 43.6. The van der Waals surface area contributed by atoms with Crippen LogP contribution in [-0.2, 0) is 16.6 Å². The van der Waals surface area contributed by atoms with Crippen LogP contribution in [0.15, 0.2) is 39.8 Å². The van der Waals surface area contributed by atoms with Gasteiger partial charge in [0.25, 0.3) is 0 Å². The molecule has 2 aliphatic heterocycles. The van der Waals surface area contributed by atoms with E-state index in [9.17, 15) is 33.6 Å². The van der Waals surface area contributed by atoms with E-state index in [0.717, 1.165) is 69.6 Å². The van der Waals surface area contributed by atoms with E-state index >= 15 is 0 Å². The zero-order valence-electron chi connectivity index (χ0n) is 31.6. The molecule has 0 unspecified atom stereocenters. The highest BCUT2D eigenvalue weighted by molar-refractivity contribution is 7.89. The van der Waals surface area contributed by atoms with Gasteiger partial charge in [-0.05, 0) is 62.8 Å². The van der Waals surface area contributed by atoms with Gasteiger partial charge in [-0.25, -0.2) is 28.3 Å². The number of nitrogens with two attached hydrogens (primary N) is 1. The number of piperidine rings is 2. The highest BCUT2D eigenvalue weighted by Gasteiger charge is 2.27. The molecule has 2 fully saturated rings. The zero-order valence-corrected chi connectivity index (χ0v) is 33.2. The van der Waals surface area contributed by atoms with Gasteiger partial charge in [-0.15, -0.1) is 0 Å². The van der Waals surface area contributed by atoms with Crippen molar-refractivity contribution in [3.63, 3.8) is 0 Å². The van der Waals surface area contributed by atoms with Crippen molar-refractivity contribution in [1.82, 2.24) is 19.9 Å². The Kier molecular flexibility index (Phi) is 15.8. The van der Waals surface area contributed by atoms with Crippen LogP contribution in [0.3, 0.4) is 0 Å². The van der Waals surface area contributed by atoms with E-state index in [4.69, 9.17) is 46.2 Å². The number of primary sulfonamides is 1. The van der Waals surface area contributed by atoms with E-state index < -0.39 is 20.9 Å². The maximum atomic E-state index is 11.3. The Morgan fingerprint density at radius 3 is 1.65 bits per heavy atom. The monoisotopic (exact) mass is 834 g/mol. The minimum Gasteiger partial charge on any atom is -0.478 e. The van der Waals surface area contributed by atoms with Crippen LogP contribution in [0.2, 0.25) is 5.02 Å². The summed E-state index contributed by atoms with van der Waals surface area (Å²) in [7, 11) is -4.11. The number of carboxylic acid groups (broad SMARTS) is 1. The number of fused-ring (bicyclic) bond motifs is 1. The summed E-state index contributed by atoms with van der Waals surface area (Å²) in [6.07, 6.45) is 8.09. The quantitative estimate of drug-likeness (QED) is 0.0800. The molecule has 21 heteroatoms. The van der Waals surface area contributed by atoms with Crippen molar-refractivity contribution in [3.8, 4) is 0 Å². The Morgan fingerprint density at radius 2 is 1.26 bits per heavy atom. The van der Waals surface area contributed by atoms with Crippen molar-refractivity contribution in [1.29, 1.82) is 0 Å². The highest BCUT2D eigenvalue weighted by atomic mass is 35.5. The predicted octanol–water partition coefficient (Wildman–Crippen LogP) is 1.87. The predicted molar refractivity (Wildman–Crippen MR) is 216 cm³/mol. The molecule has 57 heavy (non-hydrogen) atoms. The smallest absolute Gasteiger partial charge is 0.337 e. The number of hydrogen-bond donors (Lipinski definition) is 7. The van der Waals surface area contributed by atoms with Crippen LogP contribution in [0, 0.1) is 0 Å². The summed E-state index contributed by atoms with van der Waals surface area (Å²) < 4.78 is 27.8. The lowest BCUT2D eigenvalue weighted by atomic mass is 10.1. The first-order valence-electron chi connectivity index (χ1n) is 18.9. The Hall–Kier alpha value is -4.57. The van der Waals surface area contributed by atoms with Gasteiger partial charge in [0.1, 0.15) is 21.7 Å². The SMILES string of the molecule is NS(=O)(=O)c1cc(C(=O)O)c(NCc2ccco2)cc1Cl.OCCN(CCO)c1nc(N2CCCCC2)c2nc(N(CCO)CCO)nc(N3CCCCC3)c2n1. The number of halogens is 1. The third-order valence-corrected chi connectivity index (χ3v) is 10.9. The molecule has 1 aromatic carbocycles. The average Bonchev–Trinajstić information content (AvgIpc) is 3.73. The van der Waals surface area contributed by atoms with Crippen molar-refractivity contribution < 1.29 is 43.2 Å². The van der Waals surface area contributed by atoms with Crippen LogP contribution in [0.1, 0.15) is 54.6 Å². The van der Waals surface area contributed by atoms with Gasteiger partial charge >= 0.3 is 5.97 Å². The Labute approximate surface area is 335 Å². The molecule has 0 spiro atoms. The zero-order chi connectivity index (χ0) is 41.0. The van der Waals surface area contributed by atoms with Crippen LogP contribution >= 0.6 is 11.6 Å². The summed E-state index contributed by atoms with van der Waals surface area (Å²) in [6.45, 7) is 4.60. The number of carbonyl (C=O) groups is 1. The summed E-state index contributed by atoms with van der Waals surface area (Å²) in [5.41, 5.74) is 1.21. The number of carboxylic acids is 1. The number of hydrogen-bond acceptors (Lipinski definition) is 17. The highest BCUT2D eigenvalue weighted by Crippen LogP contribution is 2.35. The van der Waals surface area contributed by atoms with Gasteiger partial charge in [-0.1, -0.05) is 11.6 Å². The van der Waals surface area contributed by atoms with E-state index in [-0.39, 0.29) is 49.2 Å². The van der Waals surface area contributed by atoms with Crippen molar-refractivity contribution in [2.24, 2.45) is 5.14 Å². The van der Waals surface area contributed by atoms with Crippen LogP contribution in [0.4, 0.5) is 29.2 Å². The molecule has 0 atom stereocenters. The molecule has 19 nitrogen and oxygen atoms in total. The minimum atomic E-state index is -4.11. The topological polar surface area (TPSA) is 268 Å². The van der Waals surface area contributed by atoms with E-state index in [0.29, 0.717) is 54.9 Å². The molecule has 312 valence electrons. The molecule has 0 radical (unpaired) electrons. The van der Waals surface area contributed by atoms with Gasteiger partial charge in [0, 0.05) is 52.4 Å². The van der Waals surface area contributed by atoms with Crippen LogP contribution in [0.5, 0.6) is 0 Å². The first-order valence-corrected chi connectivity index (χ1v) is 20.8. The van der Waals surface area contributed by atoms with E-state index in [1.807, 2.05) is 0 Å². The third kappa shape index (κ3) is 11.3. The number of nitrogens with one attached hydrogen (secondary N) is 1. The molecule has 0 saturated carbocycles. The number of sulfonamides is 1. The Morgan fingerprint density at radius 1 is 0.789 bits per heavy atom. The lowest BCUT2D eigenvalue weighted by molar-refractivity contribution is 0.0697. The molecule has 4 aromatic rings. The number of rotatable bonds is 17. The molecule has 2 aliphatic rings. The molecule has 3 aromatic heterocycles. The second kappa shape index (κ2) is 20.7. The Balaban J connectivity index is 0.000000251. The van der Waals surface area contributed by atoms with Crippen LogP contribution in [-0.4, -0.2) is 139 Å². The van der Waals surface area contributed by atoms with Gasteiger partial charge in [0.15, 0.2) is 11.6 Å². The second-order valence-electron chi connectivity index (χ2n) is 13.5. The number of benzene rings is 1. The average molecular weight is 835 g/mol. The fraction of sp³-hybridized carbons (Fsp3) is 0.528. The molecule has 8 N–H and O–H groups in total. The number of aliphatic hydroxyl groups is 4. The largest absolute Gasteiger partial charge is 0.478 e. The summed E-state index contributed by atoms with van der Waals surface area (Å²) in [5.74, 6) is 1.62. The number of furan rings is 1. The second-order valence-corrected chi connectivity index (χ2v) is 15.4. The molecule has 0 aliphatic carbocycles. The molecule has 6 rings (SSSR count). The third-order valence-electron chi connectivity index (χ3n) is 9.48. The summed E-state index contributed by atoms with van der Waals surface area (Å²) in [5, 5.41) is 55.4. The van der Waals surface area contributed by atoms with Crippen molar-refractivity contribution >= 4 is 67.8 Å². The number of aromatic nitrogens is 4. The molecular formula is C36H51ClN10O9S. The number of aromatic carboxylic acids is 1. The van der Waals surface area contributed by atoms with Crippen LogP contribution < -0.4 is 30.1 Å². The fourth-order valence-corrected chi connectivity index (χ4v) is 7.79. The maximum absolute atomic E-state index is 11.3. The molecule has 2 saturated heterocycles. The van der Waals surface area contributed by atoms with Gasteiger partial charge < -0.3 is 54.9 Å². The summed E-state index contributed by atoms with van der Waals surface area (Å²) >= 11 is 5.84. The van der Waals surface area contributed by atoms with Gasteiger partial charge in [-0.3, -0.25) is 0 Å². The van der Waals surface area contributed by atoms with Crippen molar-refractivity contribution in [3.05, 3.63) is 46.9 Å². The molecular weight excluding hydrogens is 784 g/mol. The summed E-state index contributed by atoms with van der Waals surface area (Å²) in [4.78, 5) is 38.6. The number of aliphatic hydroxyl groups excluding tert-OH is 4. The molecule has 0 bridgehead atoms. The molecule has 5 heterocycles. The van der Waals surface area contributed by atoms with Crippen LogP contribution in [0.25, 0.3) is 11.0 Å². The maximum Gasteiger partial charge on any atom is 0.337 e. The molecule has 0 amide bonds. The summed E-state index contributed by atoms with van der Waals surface area (Å²) in [6, 6.07) is 5.51. The number of anilines is 5. The van der Waals surface area contributed by atoms with Crippen molar-refractivity contribution in [2.45, 2.75) is 50.0 Å². The fourth-order valence-electron chi connectivity index (χ4n) is 6.69. The van der Waals surface area contributed by atoms with Gasteiger partial charge in [0.05, 0.1) is 55.5 Å². The minimum absolute atomic E-state index is 0.0772. The number of nitrogens with zero attached hydrogens (tertiary/aromatic N) is 8. The Bertz CT molecular complexity index is 1940. The van der Waals surface area contributed by atoms with Gasteiger partial charge in [0.2, 0.25) is 21.9 Å².